The Balaban J connectivity index is 1.93. The van der Waals surface area contributed by atoms with Crippen molar-refractivity contribution in [1.82, 2.24) is 20.9 Å². The molecule has 26 heavy (non-hydrogen) atoms. The zero-order valence-electron chi connectivity index (χ0n) is 15.0. The molecule has 1 atom stereocenters. The highest BCUT2D eigenvalue weighted by molar-refractivity contribution is 7.80. The first-order chi connectivity index (χ1) is 12.4. The lowest BCUT2D eigenvalue weighted by molar-refractivity contribution is -0.128. The number of hydrogen-bond acceptors (Lipinski definition) is 3. The highest BCUT2D eigenvalue weighted by Crippen LogP contribution is 2.12. The Morgan fingerprint density at radius 2 is 1.88 bits per heavy atom. The molecule has 0 bridgehead atoms. The van der Waals surface area contributed by atoms with Crippen molar-refractivity contribution in [2.24, 2.45) is 0 Å². The maximum atomic E-state index is 13.0. The van der Waals surface area contributed by atoms with Gasteiger partial charge in [0.05, 0.1) is 0 Å². The van der Waals surface area contributed by atoms with E-state index in [0.29, 0.717) is 11.5 Å². The van der Waals surface area contributed by atoms with Crippen molar-refractivity contribution in [1.29, 1.82) is 0 Å². The average Bonchev–Trinajstić information content (AvgIpc) is 2.62. The zero-order valence-corrected chi connectivity index (χ0v) is 15.9. The maximum absolute atomic E-state index is 13.0. The van der Waals surface area contributed by atoms with Crippen LogP contribution in [0.1, 0.15) is 25.3 Å². The molecule has 0 aromatic heterocycles. The van der Waals surface area contributed by atoms with Crippen LogP contribution in [-0.2, 0) is 16.0 Å². The number of carbonyl (C=O) groups excluding carboxylic acids is 2. The quantitative estimate of drug-likeness (QED) is 0.664. The standard InChI is InChI=1S/C18H25FN4O2S/c1-12(24)21-16(11-13-3-5-14(19)6-4-13)17(25)22-15-7-9-23(10-8-15)18(26)20-2/h3-6,15-16H,7-11H2,1-2H3,(H,20,26)(H,21,24)(H,22,25)/t16-/m0/s1. The molecule has 0 spiro atoms. The molecule has 1 saturated heterocycles. The van der Waals surface area contributed by atoms with Gasteiger partial charge in [0, 0.05) is 39.5 Å². The van der Waals surface area contributed by atoms with Crippen molar-refractivity contribution >= 4 is 29.1 Å². The SMILES string of the molecule is CNC(=S)N1CCC(NC(=O)[C@H](Cc2ccc(F)cc2)NC(C)=O)CC1. The van der Waals surface area contributed by atoms with Gasteiger partial charge in [-0.05, 0) is 42.8 Å². The summed E-state index contributed by atoms with van der Waals surface area (Å²) in [4.78, 5) is 26.2. The summed E-state index contributed by atoms with van der Waals surface area (Å²) in [6.45, 7) is 2.92. The zero-order chi connectivity index (χ0) is 19.1. The Hall–Kier alpha value is -2.22. The summed E-state index contributed by atoms with van der Waals surface area (Å²) in [5, 5.41) is 9.37. The molecule has 1 aromatic rings. The third kappa shape index (κ3) is 5.94. The molecule has 3 N–H and O–H groups in total. The highest BCUT2D eigenvalue weighted by Gasteiger charge is 2.26. The molecule has 0 radical (unpaired) electrons. The summed E-state index contributed by atoms with van der Waals surface area (Å²) in [6, 6.07) is 5.29. The van der Waals surface area contributed by atoms with Crippen LogP contribution in [0, 0.1) is 5.82 Å². The molecule has 1 aromatic carbocycles. The van der Waals surface area contributed by atoms with Crippen LogP contribution in [0.25, 0.3) is 0 Å². The molecule has 0 aliphatic carbocycles. The van der Waals surface area contributed by atoms with Gasteiger partial charge in [0.15, 0.2) is 5.11 Å². The van der Waals surface area contributed by atoms with E-state index in [0.717, 1.165) is 31.5 Å². The summed E-state index contributed by atoms with van der Waals surface area (Å²) in [5.74, 6) is -0.832. The van der Waals surface area contributed by atoms with E-state index >= 15 is 0 Å². The van der Waals surface area contributed by atoms with Crippen molar-refractivity contribution in [2.45, 2.75) is 38.3 Å². The lowest BCUT2D eigenvalue weighted by Gasteiger charge is -2.34. The van der Waals surface area contributed by atoms with Gasteiger partial charge in [-0.1, -0.05) is 12.1 Å². The lowest BCUT2D eigenvalue weighted by atomic mass is 10.0. The predicted octanol–water partition coefficient (Wildman–Crippen LogP) is 0.958. The fourth-order valence-electron chi connectivity index (χ4n) is 3.00. The smallest absolute Gasteiger partial charge is 0.243 e. The first-order valence-corrected chi connectivity index (χ1v) is 9.08. The fourth-order valence-corrected chi connectivity index (χ4v) is 3.18. The summed E-state index contributed by atoms with van der Waals surface area (Å²) < 4.78 is 13.0. The van der Waals surface area contributed by atoms with E-state index in [1.54, 1.807) is 19.2 Å². The largest absolute Gasteiger partial charge is 0.366 e. The third-order valence-electron chi connectivity index (χ3n) is 4.39. The minimum atomic E-state index is -0.686. The van der Waals surface area contributed by atoms with Crippen molar-refractivity contribution in [2.75, 3.05) is 20.1 Å². The summed E-state index contributed by atoms with van der Waals surface area (Å²) in [7, 11) is 1.80. The minimum absolute atomic E-state index is 0.0443. The number of thiocarbonyl (C=S) groups is 1. The molecule has 2 amide bonds. The first kappa shape index (κ1) is 20.1. The van der Waals surface area contributed by atoms with Crippen LogP contribution in [0.3, 0.4) is 0 Å². The van der Waals surface area contributed by atoms with Crippen LogP contribution in [0.15, 0.2) is 24.3 Å². The topological polar surface area (TPSA) is 73.5 Å². The Labute approximate surface area is 158 Å². The van der Waals surface area contributed by atoms with E-state index in [4.69, 9.17) is 12.2 Å². The molecule has 1 aliphatic heterocycles. The lowest BCUT2D eigenvalue weighted by Crippen LogP contribution is -2.53. The Morgan fingerprint density at radius 3 is 2.42 bits per heavy atom. The molecular formula is C18H25FN4O2S. The van der Waals surface area contributed by atoms with Crippen LogP contribution in [0.5, 0.6) is 0 Å². The van der Waals surface area contributed by atoms with Gasteiger partial charge < -0.3 is 20.9 Å². The Morgan fingerprint density at radius 1 is 1.27 bits per heavy atom. The van der Waals surface area contributed by atoms with Gasteiger partial charge in [0.2, 0.25) is 11.8 Å². The normalized spacial score (nSPS) is 15.9. The minimum Gasteiger partial charge on any atom is -0.366 e. The van der Waals surface area contributed by atoms with Crippen molar-refractivity contribution < 1.29 is 14.0 Å². The number of likely N-dealkylation sites (tertiary alicyclic amines) is 1. The predicted molar refractivity (Wildman–Crippen MR) is 102 cm³/mol. The highest BCUT2D eigenvalue weighted by atomic mass is 32.1. The summed E-state index contributed by atoms with van der Waals surface area (Å²) in [5.41, 5.74) is 0.787. The molecule has 1 aliphatic rings. The number of amides is 2. The monoisotopic (exact) mass is 380 g/mol. The van der Waals surface area contributed by atoms with Gasteiger partial charge in [-0.3, -0.25) is 9.59 Å². The number of nitrogens with zero attached hydrogens (tertiary/aromatic N) is 1. The van der Waals surface area contributed by atoms with Gasteiger partial charge in [-0.15, -0.1) is 0 Å². The van der Waals surface area contributed by atoms with E-state index < -0.39 is 6.04 Å². The molecule has 6 nitrogen and oxygen atoms in total. The molecule has 2 rings (SSSR count). The molecule has 142 valence electrons. The van der Waals surface area contributed by atoms with Gasteiger partial charge >= 0.3 is 0 Å². The van der Waals surface area contributed by atoms with Gasteiger partial charge in [-0.2, -0.15) is 0 Å². The number of nitrogens with one attached hydrogen (secondary N) is 3. The second-order valence-electron chi connectivity index (χ2n) is 6.41. The third-order valence-corrected chi connectivity index (χ3v) is 4.85. The molecule has 0 unspecified atom stereocenters. The van der Waals surface area contributed by atoms with E-state index in [1.807, 2.05) is 0 Å². The summed E-state index contributed by atoms with van der Waals surface area (Å²) >= 11 is 5.23. The summed E-state index contributed by atoms with van der Waals surface area (Å²) in [6.07, 6.45) is 1.89. The average molecular weight is 380 g/mol. The molecule has 8 heteroatoms. The van der Waals surface area contributed by atoms with E-state index in [9.17, 15) is 14.0 Å². The van der Waals surface area contributed by atoms with Gasteiger partial charge in [0.25, 0.3) is 0 Å². The molecular weight excluding hydrogens is 355 g/mol. The van der Waals surface area contributed by atoms with Crippen molar-refractivity contribution in [3.63, 3.8) is 0 Å². The number of halogens is 1. The number of rotatable bonds is 5. The van der Waals surface area contributed by atoms with Crippen LogP contribution in [-0.4, -0.2) is 54.0 Å². The van der Waals surface area contributed by atoms with Gasteiger partial charge in [-0.25, -0.2) is 4.39 Å². The number of benzene rings is 1. The van der Waals surface area contributed by atoms with E-state index in [2.05, 4.69) is 20.9 Å². The van der Waals surface area contributed by atoms with Crippen LogP contribution in [0.2, 0.25) is 0 Å². The molecule has 0 saturated carbocycles. The van der Waals surface area contributed by atoms with Crippen LogP contribution < -0.4 is 16.0 Å². The second kappa shape index (κ2) is 9.47. The van der Waals surface area contributed by atoms with E-state index in [-0.39, 0.29) is 23.7 Å². The van der Waals surface area contributed by atoms with Crippen molar-refractivity contribution in [3.05, 3.63) is 35.6 Å². The van der Waals surface area contributed by atoms with Crippen LogP contribution in [0.4, 0.5) is 4.39 Å². The Kier molecular flexibility index (Phi) is 7.32. The number of piperidine rings is 1. The van der Waals surface area contributed by atoms with Crippen molar-refractivity contribution in [3.8, 4) is 0 Å². The first-order valence-electron chi connectivity index (χ1n) is 8.67. The van der Waals surface area contributed by atoms with Crippen LogP contribution >= 0.6 is 12.2 Å². The number of carbonyl (C=O) groups is 2. The second-order valence-corrected chi connectivity index (χ2v) is 6.80. The molecule has 1 heterocycles. The molecule has 1 fully saturated rings. The maximum Gasteiger partial charge on any atom is 0.243 e. The van der Waals surface area contributed by atoms with Gasteiger partial charge in [0.1, 0.15) is 11.9 Å². The Bertz CT molecular complexity index is 645. The fraction of sp³-hybridized carbons (Fsp3) is 0.500. The number of hydrogen-bond donors (Lipinski definition) is 3. The van der Waals surface area contributed by atoms with E-state index in [1.165, 1.54) is 19.1 Å².